The van der Waals surface area contributed by atoms with Crippen molar-refractivity contribution in [3.05, 3.63) is 53.5 Å². The standard InChI is InChI=1S/C20H27N3O2/c1-15-4-5-19(17(12-15)13-22(2)3)21-18-6-9-23(10-7-18)20(24)16-8-11-25-14-16/h4-5,8,11-12,14,18,21H,6-7,9-10,13H2,1-3H3. The molecular formula is C20H27N3O2. The zero-order valence-electron chi connectivity index (χ0n) is 15.3. The first-order valence-electron chi connectivity index (χ1n) is 8.85. The predicted octanol–water partition coefficient (Wildman–Crippen LogP) is 3.37. The molecule has 25 heavy (non-hydrogen) atoms. The zero-order valence-corrected chi connectivity index (χ0v) is 15.3. The molecule has 0 aliphatic carbocycles. The van der Waals surface area contributed by atoms with Gasteiger partial charge in [-0.25, -0.2) is 0 Å². The number of hydrogen-bond donors (Lipinski definition) is 1. The SMILES string of the molecule is Cc1ccc(NC2CCN(C(=O)c3ccoc3)CC2)c(CN(C)C)c1. The number of benzene rings is 1. The monoisotopic (exact) mass is 341 g/mol. The third-order valence-corrected chi connectivity index (χ3v) is 4.66. The van der Waals surface area contributed by atoms with Gasteiger partial charge in [0.2, 0.25) is 0 Å². The van der Waals surface area contributed by atoms with Gasteiger partial charge in [-0.05, 0) is 51.6 Å². The summed E-state index contributed by atoms with van der Waals surface area (Å²) in [6.07, 6.45) is 4.98. The van der Waals surface area contributed by atoms with E-state index in [0.29, 0.717) is 11.6 Å². The van der Waals surface area contributed by atoms with Crippen LogP contribution in [0.3, 0.4) is 0 Å². The van der Waals surface area contributed by atoms with Gasteiger partial charge in [0.15, 0.2) is 0 Å². The van der Waals surface area contributed by atoms with Crippen LogP contribution in [0.15, 0.2) is 41.2 Å². The van der Waals surface area contributed by atoms with Crippen molar-refractivity contribution in [1.29, 1.82) is 0 Å². The Morgan fingerprint density at radius 3 is 2.68 bits per heavy atom. The van der Waals surface area contributed by atoms with Gasteiger partial charge in [-0.2, -0.15) is 0 Å². The predicted molar refractivity (Wildman–Crippen MR) is 99.8 cm³/mol. The molecule has 0 radical (unpaired) electrons. The van der Waals surface area contributed by atoms with E-state index in [1.165, 1.54) is 23.1 Å². The number of hydrogen-bond acceptors (Lipinski definition) is 4. The number of nitrogens with zero attached hydrogens (tertiary/aromatic N) is 2. The molecule has 0 saturated carbocycles. The normalized spacial score (nSPS) is 15.6. The van der Waals surface area contributed by atoms with Gasteiger partial charge in [0.1, 0.15) is 6.26 Å². The lowest BCUT2D eigenvalue weighted by Gasteiger charge is -2.33. The van der Waals surface area contributed by atoms with E-state index < -0.39 is 0 Å². The van der Waals surface area contributed by atoms with Crippen molar-refractivity contribution in [3.8, 4) is 0 Å². The number of nitrogens with one attached hydrogen (secondary N) is 1. The number of rotatable bonds is 5. The summed E-state index contributed by atoms with van der Waals surface area (Å²) < 4.78 is 5.02. The molecule has 5 nitrogen and oxygen atoms in total. The van der Waals surface area contributed by atoms with E-state index in [4.69, 9.17) is 4.42 Å². The first-order chi connectivity index (χ1) is 12.0. The fourth-order valence-corrected chi connectivity index (χ4v) is 3.35. The number of likely N-dealkylation sites (tertiary alicyclic amines) is 1. The van der Waals surface area contributed by atoms with Crippen LogP contribution in [0.1, 0.15) is 34.3 Å². The van der Waals surface area contributed by atoms with Crippen LogP contribution in [0.2, 0.25) is 0 Å². The van der Waals surface area contributed by atoms with Crippen LogP contribution in [0, 0.1) is 6.92 Å². The molecule has 134 valence electrons. The topological polar surface area (TPSA) is 48.7 Å². The summed E-state index contributed by atoms with van der Waals surface area (Å²) in [5.74, 6) is 0.0656. The van der Waals surface area contributed by atoms with Gasteiger partial charge in [-0.15, -0.1) is 0 Å². The van der Waals surface area contributed by atoms with Gasteiger partial charge in [0, 0.05) is 31.4 Å². The van der Waals surface area contributed by atoms with E-state index >= 15 is 0 Å². The second-order valence-electron chi connectivity index (χ2n) is 7.12. The molecule has 1 N–H and O–H groups in total. The largest absolute Gasteiger partial charge is 0.472 e. The third-order valence-electron chi connectivity index (χ3n) is 4.66. The van der Waals surface area contributed by atoms with Crippen molar-refractivity contribution >= 4 is 11.6 Å². The van der Waals surface area contributed by atoms with Crippen molar-refractivity contribution in [3.63, 3.8) is 0 Å². The molecule has 2 aromatic rings. The maximum atomic E-state index is 12.4. The Labute approximate surface area is 149 Å². The van der Waals surface area contributed by atoms with Crippen LogP contribution >= 0.6 is 0 Å². The van der Waals surface area contributed by atoms with Crippen LogP contribution in [0.5, 0.6) is 0 Å². The average molecular weight is 341 g/mol. The highest BCUT2D eigenvalue weighted by atomic mass is 16.3. The number of carbonyl (C=O) groups excluding carboxylic acids is 1. The molecule has 3 rings (SSSR count). The Balaban J connectivity index is 1.60. The number of aryl methyl sites for hydroxylation is 1. The van der Waals surface area contributed by atoms with Crippen molar-refractivity contribution in [2.45, 2.75) is 32.4 Å². The fourth-order valence-electron chi connectivity index (χ4n) is 3.35. The van der Waals surface area contributed by atoms with E-state index in [9.17, 15) is 4.79 Å². The van der Waals surface area contributed by atoms with Gasteiger partial charge in [-0.3, -0.25) is 4.79 Å². The first-order valence-corrected chi connectivity index (χ1v) is 8.85. The Morgan fingerprint density at radius 2 is 2.04 bits per heavy atom. The summed E-state index contributed by atoms with van der Waals surface area (Å²) in [5.41, 5.74) is 4.45. The molecule has 0 atom stereocenters. The number of anilines is 1. The number of amides is 1. The van der Waals surface area contributed by atoms with Gasteiger partial charge >= 0.3 is 0 Å². The quantitative estimate of drug-likeness (QED) is 0.906. The summed E-state index contributed by atoms with van der Waals surface area (Å²) in [6.45, 7) is 4.60. The van der Waals surface area contributed by atoms with Crippen LogP contribution < -0.4 is 5.32 Å². The summed E-state index contributed by atoms with van der Waals surface area (Å²) >= 11 is 0. The van der Waals surface area contributed by atoms with Gasteiger partial charge in [0.05, 0.1) is 11.8 Å². The molecule has 1 aliphatic heterocycles. The molecule has 1 aromatic carbocycles. The molecule has 1 fully saturated rings. The molecule has 1 amide bonds. The smallest absolute Gasteiger partial charge is 0.257 e. The van der Waals surface area contributed by atoms with Crippen molar-refractivity contribution < 1.29 is 9.21 Å². The first kappa shape index (κ1) is 17.5. The molecule has 1 aromatic heterocycles. The highest BCUT2D eigenvalue weighted by molar-refractivity contribution is 5.93. The molecule has 5 heteroatoms. The lowest BCUT2D eigenvalue weighted by atomic mass is 10.0. The zero-order chi connectivity index (χ0) is 17.8. The second-order valence-corrected chi connectivity index (χ2v) is 7.12. The summed E-state index contributed by atoms with van der Waals surface area (Å²) in [4.78, 5) is 16.5. The summed E-state index contributed by atoms with van der Waals surface area (Å²) in [5, 5.41) is 3.69. The van der Waals surface area contributed by atoms with Gasteiger partial charge in [0.25, 0.3) is 5.91 Å². The molecular weight excluding hydrogens is 314 g/mol. The molecule has 0 unspecified atom stereocenters. The van der Waals surface area contributed by atoms with E-state index in [1.54, 1.807) is 12.3 Å². The van der Waals surface area contributed by atoms with E-state index in [0.717, 1.165) is 32.5 Å². The maximum absolute atomic E-state index is 12.4. The second kappa shape index (κ2) is 7.74. The van der Waals surface area contributed by atoms with Crippen LogP contribution in [0.25, 0.3) is 0 Å². The van der Waals surface area contributed by atoms with Crippen molar-refractivity contribution in [2.24, 2.45) is 0 Å². The molecule has 2 heterocycles. The van der Waals surface area contributed by atoms with Crippen LogP contribution in [-0.4, -0.2) is 48.9 Å². The van der Waals surface area contributed by atoms with Crippen LogP contribution in [0.4, 0.5) is 5.69 Å². The maximum Gasteiger partial charge on any atom is 0.257 e. The van der Waals surface area contributed by atoms with Gasteiger partial charge < -0.3 is 19.5 Å². The Morgan fingerprint density at radius 1 is 1.28 bits per heavy atom. The Kier molecular flexibility index (Phi) is 5.43. The number of carbonyl (C=O) groups is 1. The minimum absolute atomic E-state index is 0.0656. The molecule has 0 spiro atoms. The molecule has 0 bridgehead atoms. The fraction of sp³-hybridized carbons (Fsp3) is 0.450. The highest BCUT2D eigenvalue weighted by Crippen LogP contribution is 2.23. The van der Waals surface area contributed by atoms with Crippen LogP contribution in [-0.2, 0) is 6.54 Å². The average Bonchev–Trinajstić information content (AvgIpc) is 3.11. The lowest BCUT2D eigenvalue weighted by Crippen LogP contribution is -2.42. The third kappa shape index (κ3) is 4.42. The number of piperidine rings is 1. The lowest BCUT2D eigenvalue weighted by molar-refractivity contribution is 0.0717. The van der Waals surface area contributed by atoms with Crippen molar-refractivity contribution in [1.82, 2.24) is 9.80 Å². The van der Waals surface area contributed by atoms with E-state index in [1.807, 2.05) is 4.90 Å². The van der Waals surface area contributed by atoms with E-state index in [2.05, 4.69) is 49.4 Å². The number of furan rings is 1. The highest BCUT2D eigenvalue weighted by Gasteiger charge is 2.24. The minimum Gasteiger partial charge on any atom is -0.472 e. The van der Waals surface area contributed by atoms with Crippen molar-refractivity contribution in [2.75, 3.05) is 32.5 Å². The minimum atomic E-state index is 0.0656. The Bertz CT molecular complexity index is 702. The molecule has 1 aliphatic rings. The summed E-state index contributed by atoms with van der Waals surface area (Å²) in [7, 11) is 4.18. The van der Waals surface area contributed by atoms with Gasteiger partial charge in [-0.1, -0.05) is 17.7 Å². The van der Waals surface area contributed by atoms with E-state index in [-0.39, 0.29) is 5.91 Å². The molecule has 1 saturated heterocycles. The summed E-state index contributed by atoms with van der Waals surface area (Å²) in [6, 6.07) is 8.71. The Hall–Kier alpha value is -2.27.